The molecular formula is C14H25F3N2O. The molecule has 0 spiro atoms. The van der Waals surface area contributed by atoms with Crippen LogP contribution in [0.3, 0.4) is 0 Å². The molecule has 0 aromatic heterocycles. The van der Waals surface area contributed by atoms with Crippen LogP contribution in [0.5, 0.6) is 0 Å². The molecule has 2 aliphatic rings. The van der Waals surface area contributed by atoms with Gasteiger partial charge in [-0.2, -0.15) is 13.2 Å². The van der Waals surface area contributed by atoms with Gasteiger partial charge in [0.25, 0.3) is 0 Å². The van der Waals surface area contributed by atoms with E-state index in [1.54, 1.807) is 0 Å². The molecule has 20 heavy (non-hydrogen) atoms. The van der Waals surface area contributed by atoms with Crippen LogP contribution >= 0.6 is 0 Å². The van der Waals surface area contributed by atoms with Crippen molar-refractivity contribution >= 4 is 0 Å². The normalized spacial score (nSPS) is 25.8. The molecule has 0 bridgehead atoms. The molecule has 0 amide bonds. The molecule has 3 nitrogen and oxygen atoms in total. The Kier molecular flexibility index (Phi) is 5.31. The second-order valence-electron chi connectivity index (χ2n) is 6.33. The van der Waals surface area contributed by atoms with Crippen molar-refractivity contribution in [3.05, 3.63) is 0 Å². The molecule has 0 unspecified atom stereocenters. The fourth-order valence-electron chi connectivity index (χ4n) is 3.27. The van der Waals surface area contributed by atoms with Crippen LogP contribution in [0.2, 0.25) is 0 Å². The second kappa shape index (κ2) is 6.62. The molecular weight excluding hydrogens is 269 g/mol. The fourth-order valence-corrected chi connectivity index (χ4v) is 3.27. The highest BCUT2D eigenvalue weighted by atomic mass is 19.4. The van der Waals surface area contributed by atoms with Gasteiger partial charge in [0.15, 0.2) is 0 Å². The summed E-state index contributed by atoms with van der Waals surface area (Å²) >= 11 is 0. The molecule has 2 N–H and O–H groups in total. The number of alkyl halides is 3. The van der Waals surface area contributed by atoms with E-state index in [9.17, 15) is 18.3 Å². The summed E-state index contributed by atoms with van der Waals surface area (Å²) in [4.78, 5) is 1.47. The molecule has 1 saturated heterocycles. The summed E-state index contributed by atoms with van der Waals surface area (Å²) in [6.07, 6.45) is 2.37. The predicted molar refractivity (Wildman–Crippen MR) is 71.6 cm³/mol. The molecule has 1 aliphatic heterocycles. The maximum atomic E-state index is 12.3. The molecule has 1 heterocycles. The van der Waals surface area contributed by atoms with E-state index in [-0.39, 0.29) is 6.04 Å². The summed E-state index contributed by atoms with van der Waals surface area (Å²) in [6.45, 7) is 0.742. The molecule has 0 aromatic carbocycles. The number of likely N-dealkylation sites (tertiary alicyclic amines) is 1. The molecule has 0 aromatic rings. The largest absolute Gasteiger partial charge is 0.401 e. The first-order valence-electron chi connectivity index (χ1n) is 7.61. The van der Waals surface area contributed by atoms with Crippen molar-refractivity contribution in [2.45, 2.75) is 62.8 Å². The van der Waals surface area contributed by atoms with Crippen molar-refractivity contribution in [1.82, 2.24) is 10.2 Å². The van der Waals surface area contributed by atoms with E-state index in [0.717, 1.165) is 38.5 Å². The maximum absolute atomic E-state index is 12.3. The van der Waals surface area contributed by atoms with E-state index >= 15 is 0 Å². The number of piperidine rings is 1. The summed E-state index contributed by atoms with van der Waals surface area (Å²) in [5, 5.41) is 13.7. The number of halogens is 3. The van der Waals surface area contributed by atoms with Gasteiger partial charge >= 0.3 is 6.18 Å². The summed E-state index contributed by atoms with van der Waals surface area (Å²) in [7, 11) is 0. The minimum Gasteiger partial charge on any atom is -0.389 e. The lowest BCUT2D eigenvalue weighted by atomic mass is 9.84. The quantitative estimate of drug-likeness (QED) is 0.835. The lowest BCUT2D eigenvalue weighted by Crippen LogP contribution is -2.50. The maximum Gasteiger partial charge on any atom is 0.401 e. The van der Waals surface area contributed by atoms with Crippen LogP contribution in [0.25, 0.3) is 0 Å². The van der Waals surface area contributed by atoms with Crippen LogP contribution in [0.1, 0.15) is 44.9 Å². The molecule has 118 valence electrons. The minimum atomic E-state index is -4.10. The van der Waals surface area contributed by atoms with E-state index in [1.807, 2.05) is 0 Å². The van der Waals surface area contributed by atoms with Gasteiger partial charge in [-0.3, -0.25) is 4.90 Å². The molecule has 6 heteroatoms. The third kappa shape index (κ3) is 5.22. The first kappa shape index (κ1) is 16.0. The van der Waals surface area contributed by atoms with Crippen molar-refractivity contribution in [2.24, 2.45) is 0 Å². The van der Waals surface area contributed by atoms with Crippen LogP contribution in [-0.4, -0.2) is 54.0 Å². The summed E-state index contributed by atoms with van der Waals surface area (Å²) < 4.78 is 36.9. The van der Waals surface area contributed by atoms with Gasteiger partial charge in [-0.25, -0.2) is 0 Å². The van der Waals surface area contributed by atoms with E-state index in [0.29, 0.717) is 19.6 Å². The first-order valence-corrected chi connectivity index (χ1v) is 7.61. The lowest BCUT2D eigenvalue weighted by molar-refractivity contribution is -0.148. The van der Waals surface area contributed by atoms with Crippen LogP contribution in [0, 0.1) is 0 Å². The Morgan fingerprint density at radius 3 is 2.25 bits per heavy atom. The van der Waals surface area contributed by atoms with Crippen LogP contribution in [0.15, 0.2) is 0 Å². The highest BCUT2D eigenvalue weighted by molar-refractivity contribution is 4.87. The molecule has 0 radical (unpaired) electrons. The number of aliphatic hydroxyl groups is 1. The number of rotatable bonds is 4. The molecule has 2 fully saturated rings. The highest BCUT2D eigenvalue weighted by Crippen LogP contribution is 2.28. The Bertz CT molecular complexity index is 295. The first-order chi connectivity index (χ1) is 9.36. The second-order valence-corrected chi connectivity index (χ2v) is 6.33. The van der Waals surface area contributed by atoms with Gasteiger partial charge in [0.2, 0.25) is 0 Å². The summed E-state index contributed by atoms with van der Waals surface area (Å²) in [5.41, 5.74) is -0.596. The van der Waals surface area contributed by atoms with E-state index < -0.39 is 18.3 Å². The van der Waals surface area contributed by atoms with Crippen molar-refractivity contribution in [1.29, 1.82) is 0 Å². The average Bonchev–Trinajstić information content (AvgIpc) is 2.37. The minimum absolute atomic E-state index is 0.241. The Hall–Kier alpha value is -0.330. The van der Waals surface area contributed by atoms with Crippen LogP contribution in [0.4, 0.5) is 13.2 Å². The van der Waals surface area contributed by atoms with Crippen molar-refractivity contribution < 1.29 is 18.3 Å². The van der Waals surface area contributed by atoms with Gasteiger partial charge < -0.3 is 10.4 Å². The lowest BCUT2D eigenvalue weighted by Gasteiger charge is -2.37. The number of hydrogen-bond acceptors (Lipinski definition) is 3. The van der Waals surface area contributed by atoms with Gasteiger partial charge in [0.1, 0.15) is 0 Å². The molecule has 1 aliphatic carbocycles. The van der Waals surface area contributed by atoms with Gasteiger partial charge in [-0.15, -0.1) is 0 Å². The Labute approximate surface area is 118 Å². The van der Waals surface area contributed by atoms with Gasteiger partial charge in [0, 0.05) is 12.6 Å². The van der Waals surface area contributed by atoms with Gasteiger partial charge in [-0.05, 0) is 38.8 Å². The van der Waals surface area contributed by atoms with Crippen molar-refractivity contribution in [3.63, 3.8) is 0 Å². The standard InChI is InChI=1S/C14H25F3N2O/c15-14(16,17)11-19-8-4-12(5-9-19)18-10-13(20)6-2-1-3-7-13/h12,18,20H,1-11H2. The predicted octanol–water partition coefficient (Wildman–Crippen LogP) is 2.30. The zero-order valence-corrected chi connectivity index (χ0v) is 11.9. The Morgan fingerprint density at radius 1 is 1.10 bits per heavy atom. The van der Waals surface area contributed by atoms with Crippen molar-refractivity contribution in [3.8, 4) is 0 Å². The zero-order chi connectivity index (χ0) is 14.6. The average molecular weight is 294 g/mol. The monoisotopic (exact) mass is 294 g/mol. The Balaban J connectivity index is 1.67. The van der Waals surface area contributed by atoms with Crippen LogP contribution in [-0.2, 0) is 0 Å². The molecule has 1 saturated carbocycles. The van der Waals surface area contributed by atoms with Crippen molar-refractivity contribution in [2.75, 3.05) is 26.2 Å². The Morgan fingerprint density at radius 2 is 1.70 bits per heavy atom. The smallest absolute Gasteiger partial charge is 0.389 e. The number of hydrogen-bond donors (Lipinski definition) is 2. The topological polar surface area (TPSA) is 35.5 Å². The SMILES string of the molecule is OC1(CNC2CCN(CC(F)(F)F)CC2)CCCCC1. The van der Waals surface area contributed by atoms with E-state index in [1.165, 1.54) is 11.3 Å². The van der Waals surface area contributed by atoms with Gasteiger partial charge in [0.05, 0.1) is 12.1 Å². The molecule has 0 atom stereocenters. The third-order valence-corrected chi connectivity index (χ3v) is 4.49. The van der Waals surface area contributed by atoms with Gasteiger partial charge in [-0.1, -0.05) is 19.3 Å². The number of nitrogens with zero attached hydrogens (tertiary/aromatic N) is 1. The molecule has 2 rings (SSSR count). The zero-order valence-electron chi connectivity index (χ0n) is 11.9. The highest BCUT2D eigenvalue weighted by Gasteiger charge is 2.33. The van der Waals surface area contributed by atoms with E-state index in [4.69, 9.17) is 0 Å². The van der Waals surface area contributed by atoms with E-state index in [2.05, 4.69) is 5.32 Å². The summed E-state index contributed by atoms with van der Waals surface area (Å²) in [6, 6.07) is 0.241. The number of nitrogens with one attached hydrogen (secondary N) is 1. The van der Waals surface area contributed by atoms with Crippen LogP contribution < -0.4 is 5.32 Å². The third-order valence-electron chi connectivity index (χ3n) is 4.49. The fraction of sp³-hybridized carbons (Fsp3) is 1.00. The summed E-state index contributed by atoms with van der Waals surface area (Å²) in [5.74, 6) is 0.